The van der Waals surface area contributed by atoms with Crippen molar-refractivity contribution in [2.75, 3.05) is 18.9 Å². The Hall–Kier alpha value is -2.18. The molecule has 2 heterocycles. The number of aryl methyl sites for hydroxylation is 2. The number of carbonyl (C=O) groups is 2. The Balaban J connectivity index is 2.10. The summed E-state index contributed by atoms with van der Waals surface area (Å²) in [6.45, 7) is 6.49. The number of anilines is 1. The van der Waals surface area contributed by atoms with E-state index in [0.29, 0.717) is 13.2 Å². The number of nitrogens with two attached hydrogens (primary N) is 1. The first-order valence-corrected chi connectivity index (χ1v) is 8.47. The summed E-state index contributed by atoms with van der Waals surface area (Å²) in [5.41, 5.74) is 7.91. The summed E-state index contributed by atoms with van der Waals surface area (Å²) in [5.74, 6) is -0.0201. The van der Waals surface area contributed by atoms with Crippen molar-refractivity contribution in [1.29, 1.82) is 0 Å². The van der Waals surface area contributed by atoms with Crippen LogP contribution in [-0.4, -0.2) is 45.9 Å². The van der Waals surface area contributed by atoms with Gasteiger partial charge in [0.05, 0.1) is 19.4 Å². The van der Waals surface area contributed by atoms with Crippen molar-refractivity contribution in [3.8, 4) is 0 Å². The molecule has 1 aromatic heterocycles. The van der Waals surface area contributed by atoms with Crippen LogP contribution in [-0.2, 0) is 20.7 Å². The summed E-state index contributed by atoms with van der Waals surface area (Å²) in [6, 6.07) is -0.0828. The molecule has 24 heavy (non-hydrogen) atoms. The smallest absolute Gasteiger partial charge is 0.307 e. The summed E-state index contributed by atoms with van der Waals surface area (Å²) in [4.78, 5) is 34.7. The van der Waals surface area contributed by atoms with E-state index in [2.05, 4.69) is 9.97 Å². The molecule has 0 aliphatic carbocycles. The first-order valence-electron chi connectivity index (χ1n) is 8.47. The second kappa shape index (κ2) is 8.08. The maximum atomic E-state index is 12.8. The van der Waals surface area contributed by atoms with E-state index in [4.69, 9.17) is 10.5 Å². The Bertz CT molecular complexity index is 595. The van der Waals surface area contributed by atoms with E-state index in [0.717, 1.165) is 36.2 Å². The topological polar surface area (TPSA) is 98.4 Å². The number of nitrogen functional groups attached to an aromatic ring is 1. The van der Waals surface area contributed by atoms with Crippen LogP contribution < -0.4 is 5.73 Å². The predicted molar refractivity (Wildman–Crippen MR) is 90.2 cm³/mol. The molecule has 0 aromatic carbocycles. The zero-order valence-corrected chi connectivity index (χ0v) is 14.7. The zero-order valence-electron chi connectivity index (χ0n) is 14.7. The number of esters is 1. The molecule has 2 rings (SSSR count). The highest BCUT2D eigenvalue weighted by atomic mass is 16.5. The average Bonchev–Trinajstić information content (AvgIpc) is 2.51. The minimum Gasteiger partial charge on any atom is -0.466 e. The maximum Gasteiger partial charge on any atom is 0.307 e. The number of hydrogen-bond acceptors (Lipinski definition) is 6. The highest BCUT2D eigenvalue weighted by Gasteiger charge is 2.29. The standard InChI is InChI=1S/C17H26N4O3/c1-4-24-16(23)9-13-7-5-6-8-21(13)15(22)10-14-11(2)19-17(18)20-12(14)3/h13H,4-10H2,1-3H3,(H2,18,19,20)/t13-/m1/s1. The van der Waals surface area contributed by atoms with Crippen LogP contribution in [0.5, 0.6) is 0 Å². The van der Waals surface area contributed by atoms with E-state index in [1.807, 2.05) is 18.7 Å². The van der Waals surface area contributed by atoms with Gasteiger partial charge in [-0.2, -0.15) is 0 Å². The number of hydrogen-bond donors (Lipinski definition) is 1. The van der Waals surface area contributed by atoms with E-state index in [1.165, 1.54) is 0 Å². The van der Waals surface area contributed by atoms with E-state index in [1.54, 1.807) is 6.92 Å². The Morgan fingerprint density at radius 1 is 1.25 bits per heavy atom. The lowest BCUT2D eigenvalue weighted by Gasteiger charge is -2.35. The van der Waals surface area contributed by atoms with Gasteiger partial charge in [0, 0.05) is 29.5 Å². The fraction of sp³-hybridized carbons (Fsp3) is 0.647. The van der Waals surface area contributed by atoms with Gasteiger partial charge in [0.2, 0.25) is 11.9 Å². The Labute approximate surface area is 142 Å². The van der Waals surface area contributed by atoms with E-state index < -0.39 is 0 Å². The number of nitrogens with zero attached hydrogens (tertiary/aromatic N) is 3. The highest BCUT2D eigenvalue weighted by Crippen LogP contribution is 2.22. The summed E-state index contributed by atoms with van der Waals surface area (Å²) in [6.07, 6.45) is 3.31. The Kier molecular flexibility index (Phi) is 6.11. The zero-order chi connectivity index (χ0) is 17.7. The van der Waals surface area contributed by atoms with Crippen LogP contribution in [0.3, 0.4) is 0 Å². The van der Waals surface area contributed by atoms with Gasteiger partial charge in [0.15, 0.2) is 0 Å². The number of aromatic nitrogens is 2. The highest BCUT2D eigenvalue weighted by molar-refractivity contribution is 5.80. The lowest BCUT2D eigenvalue weighted by molar-refractivity contribution is -0.146. The maximum absolute atomic E-state index is 12.8. The predicted octanol–water partition coefficient (Wildman–Crippen LogP) is 1.55. The van der Waals surface area contributed by atoms with E-state index >= 15 is 0 Å². The number of likely N-dealkylation sites (tertiary alicyclic amines) is 1. The quantitative estimate of drug-likeness (QED) is 0.820. The first-order chi connectivity index (χ1) is 11.4. The van der Waals surface area contributed by atoms with Crippen LogP contribution in [0, 0.1) is 13.8 Å². The number of ether oxygens (including phenoxy) is 1. The molecule has 1 amide bonds. The normalized spacial score (nSPS) is 17.6. The molecule has 7 heteroatoms. The SMILES string of the molecule is CCOC(=O)C[C@H]1CCCCN1C(=O)Cc1c(C)nc(N)nc1C. The van der Waals surface area contributed by atoms with Crippen LogP contribution in [0.1, 0.15) is 49.6 Å². The molecule has 0 spiro atoms. The number of amides is 1. The van der Waals surface area contributed by atoms with E-state index in [-0.39, 0.29) is 36.7 Å². The largest absolute Gasteiger partial charge is 0.466 e. The van der Waals surface area contributed by atoms with Crippen molar-refractivity contribution >= 4 is 17.8 Å². The third-order valence-electron chi connectivity index (χ3n) is 4.42. The van der Waals surface area contributed by atoms with Crippen molar-refractivity contribution in [2.24, 2.45) is 0 Å². The molecule has 1 aliphatic rings. The Morgan fingerprint density at radius 3 is 2.54 bits per heavy atom. The van der Waals surface area contributed by atoms with Gasteiger partial charge < -0.3 is 15.4 Å². The summed E-state index contributed by atoms with van der Waals surface area (Å²) in [7, 11) is 0. The summed E-state index contributed by atoms with van der Waals surface area (Å²) in [5, 5.41) is 0. The molecule has 0 unspecified atom stereocenters. The lowest BCUT2D eigenvalue weighted by atomic mass is 9.98. The fourth-order valence-electron chi connectivity index (χ4n) is 3.23. The van der Waals surface area contributed by atoms with Gasteiger partial charge in [-0.25, -0.2) is 9.97 Å². The second-order valence-electron chi connectivity index (χ2n) is 6.15. The molecule has 1 aliphatic heterocycles. The molecular weight excluding hydrogens is 308 g/mol. The van der Waals surface area contributed by atoms with E-state index in [9.17, 15) is 9.59 Å². The molecule has 132 valence electrons. The molecule has 1 aromatic rings. The molecule has 2 N–H and O–H groups in total. The van der Waals surface area contributed by atoms with Crippen LogP contribution in [0.25, 0.3) is 0 Å². The van der Waals surface area contributed by atoms with Crippen LogP contribution >= 0.6 is 0 Å². The molecule has 1 saturated heterocycles. The second-order valence-corrected chi connectivity index (χ2v) is 6.15. The van der Waals surface area contributed by atoms with Crippen LogP contribution in [0.15, 0.2) is 0 Å². The van der Waals surface area contributed by atoms with Gasteiger partial charge in [-0.1, -0.05) is 0 Å². The fourth-order valence-corrected chi connectivity index (χ4v) is 3.23. The minimum atomic E-state index is -0.245. The summed E-state index contributed by atoms with van der Waals surface area (Å²) >= 11 is 0. The first kappa shape index (κ1) is 18.2. The van der Waals surface area contributed by atoms with Crippen molar-refractivity contribution < 1.29 is 14.3 Å². The molecular formula is C17H26N4O3. The van der Waals surface area contributed by atoms with Crippen LogP contribution in [0.4, 0.5) is 5.95 Å². The molecule has 1 atom stereocenters. The van der Waals surface area contributed by atoms with Gasteiger partial charge in [-0.15, -0.1) is 0 Å². The number of piperidine rings is 1. The number of carbonyl (C=O) groups excluding carboxylic acids is 2. The molecule has 0 saturated carbocycles. The van der Waals surface area contributed by atoms with Crippen molar-refractivity contribution in [3.63, 3.8) is 0 Å². The van der Waals surface area contributed by atoms with Gasteiger partial charge in [-0.3, -0.25) is 9.59 Å². The Morgan fingerprint density at radius 2 is 1.92 bits per heavy atom. The van der Waals surface area contributed by atoms with Gasteiger partial charge in [0.25, 0.3) is 0 Å². The van der Waals surface area contributed by atoms with Crippen molar-refractivity contribution in [3.05, 3.63) is 17.0 Å². The number of rotatable bonds is 5. The molecule has 1 fully saturated rings. The van der Waals surface area contributed by atoms with Crippen molar-refractivity contribution in [1.82, 2.24) is 14.9 Å². The minimum absolute atomic E-state index is 0.00331. The van der Waals surface area contributed by atoms with Crippen molar-refractivity contribution in [2.45, 2.75) is 58.9 Å². The van der Waals surface area contributed by atoms with Gasteiger partial charge in [-0.05, 0) is 40.0 Å². The third-order valence-corrected chi connectivity index (χ3v) is 4.42. The van der Waals surface area contributed by atoms with Crippen LogP contribution in [0.2, 0.25) is 0 Å². The third kappa shape index (κ3) is 4.43. The average molecular weight is 334 g/mol. The molecule has 7 nitrogen and oxygen atoms in total. The molecule has 0 bridgehead atoms. The molecule has 0 radical (unpaired) electrons. The summed E-state index contributed by atoms with van der Waals surface area (Å²) < 4.78 is 5.03. The lowest BCUT2D eigenvalue weighted by Crippen LogP contribution is -2.45. The monoisotopic (exact) mass is 334 g/mol. The van der Waals surface area contributed by atoms with Gasteiger partial charge in [0.1, 0.15) is 0 Å². The van der Waals surface area contributed by atoms with Gasteiger partial charge >= 0.3 is 5.97 Å².